The van der Waals surface area contributed by atoms with E-state index in [0.717, 1.165) is 174 Å². The quantitative estimate of drug-likeness (QED) is 0.0383. The number of aryl methyl sites for hydroxylation is 2. The van der Waals surface area contributed by atoms with Crippen LogP contribution in [0.5, 0.6) is 0 Å². The number of benzene rings is 4. The van der Waals surface area contributed by atoms with E-state index in [1.54, 1.807) is 101 Å². The van der Waals surface area contributed by atoms with Crippen LogP contribution in [0.4, 0.5) is 4.79 Å². The maximum Gasteiger partial charge on any atom is 2.00 e. The average molecular weight is 2010 g/mol. The Morgan fingerprint density at radius 1 is 0.470 bits per heavy atom. The molecule has 4 saturated heterocycles. The first kappa shape index (κ1) is 106. The Morgan fingerprint density at radius 2 is 0.791 bits per heavy atom. The number of fused-ring (bicyclic) bond motifs is 8. The molecule has 0 radical (unpaired) electrons. The molecule has 10 aromatic rings. The Bertz CT molecular complexity index is 5750. The fourth-order valence-electron chi connectivity index (χ4n) is 18.2. The van der Waals surface area contributed by atoms with Crippen LogP contribution in [-0.4, -0.2) is 289 Å². The van der Waals surface area contributed by atoms with Gasteiger partial charge in [-0.1, -0.05) is 107 Å². The van der Waals surface area contributed by atoms with Crippen molar-refractivity contribution in [2.24, 2.45) is 14.1 Å². The number of piperazine rings is 4. The molecule has 0 spiro atoms. The number of methoxy groups -OCH3 is 1. The Hall–Kier alpha value is -8.32. The van der Waals surface area contributed by atoms with Crippen LogP contribution >= 0.6 is 69.6 Å². The van der Waals surface area contributed by atoms with Gasteiger partial charge in [0, 0.05) is 168 Å². The summed E-state index contributed by atoms with van der Waals surface area (Å²) in [6, 6.07) is 38.2. The van der Waals surface area contributed by atoms with Crippen molar-refractivity contribution >= 4 is 184 Å². The smallest absolute Gasteiger partial charge is 1.00 e. The SMILES string of the molecule is CB(O)N1CCN(C2c3ccc(Cl)cc3C(C(C)=O)=Cc3cccnc32)CC1.CB(O)N1CCN(C2c3ccc(Cl)cc3C(C(C)=O)=Cc3cccnc32)CC1.COC(=O)C1=Cc2cccnc2C(N2CCN(B(C)O)CC2)c2ccc(Cl)cc21.ClCCl.Cn1[c-]cnc1.Cn1cncc1[C@](C)(O)C1=Cc2cccnc2C(N2CCN(C(=O)OC(C)(C)C)CC2)c2ccc(Cl)cc21.[Br-].[Mg+2]. The first-order valence-electron chi connectivity index (χ1n) is 44.0. The van der Waals surface area contributed by atoms with Crippen molar-refractivity contribution in [3.63, 3.8) is 0 Å². The van der Waals surface area contributed by atoms with Gasteiger partial charge in [-0.15, -0.1) is 23.2 Å². The van der Waals surface area contributed by atoms with Crippen molar-refractivity contribution < 1.29 is 65.8 Å². The molecule has 4 aliphatic heterocycles. The van der Waals surface area contributed by atoms with Gasteiger partial charge in [0.15, 0.2) is 11.6 Å². The Kier molecular flexibility index (Phi) is 37.9. The normalized spacial score (nSPS) is 18.7. The molecular formula is C97H110B3BrCl6MgN16O10. The van der Waals surface area contributed by atoms with E-state index in [1.165, 1.54) is 7.11 Å². The van der Waals surface area contributed by atoms with Crippen LogP contribution in [0.15, 0.2) is 171 Å². The number of alkyl halides is 2. The van der Waals surface area contributed by atoms with Crippen LogP contribution in [0, 0.1) is 6.20 Å². The topological polar surface area (TPSA) is 281 Å². The number of ketones is 2. The number of carbonyl (C=O) groups is 4. The van der Waals surface area contributed by atoms with Gasteiger partial charge in [0.05, 0.1) is 83.2 Å². The number of esters is 1. The molecule has 0 saturated carbocycles. The summed E-state index contributed by atoms with van der Waals surface area (Å²) < 4.78 is 14.2. The number of rotatable bonds is 12. The number of hydrogen-bond donors (Lipinski definition) is 4. The average Bonchev–Trinajstić information content (AvgIpc) is 1.59. The fraction of sp³-hybridized carbons (Fsp3) is 0.361. The van der Waals surface area contributed by atoms with Gasteiger partial charge < -0.3 is 80.1 Å². The van der Waals surface area contributed by atoms with Gasteiger partial charge in [-0.2, -0.15) is 6.20 Å². The van der Waals surface area contributed by atoms with Crippen molar-refractivity contribution in [2.45, 2.75) is 97.4 Å². The molecule has 4 fully saturated rings. The molecule has 26 nitrogen and oxygen atoms in total. The zero-order valence-corrected chi connectivity index (χ0v) is 84.8. The van der Waals surface area contributed by atoms with Gasteiger partial charge >= 0.3 is 56.3 Å². The first-order chi connectivity index (χ1) is 63.2. The van der Waals surface area contributed by atoms with Gasteiger partial charge in [-0.3, -0.25) is 49.1 Å². The number of allylic oxidation sites excluding steroid dienone is 2. The zero-order valence-electron chi connectivity index (χ0n) is 77.3. The zero-order chi connectivity index (χ0) is 94.6. The molecule has 4 aromatic carbocycles. The molecule has 4 aliphatic carbocycles. The van der Waals surface area contributed by atoms with Crippen molar-refractivity contribution in [1.82, 2.24) is 78.0 Å². The number of nitrogens with zero attached hydrogens (tertiary/aromatic N) is 16. The summed E-state index contributed by atoms with van der Waals surface area (Å²) in [5, 5.41) is 44.3. The fourth-order valence-corrected chi connectivity index (χ4v) is 18.9. The largest absolute Gasteiger partial charge is 2.00 e. The minimum atomic E-state index is -1.35. The van der Waals surface area contributed by atoms with E-state index in [0.29, 0.717) is 68.7 Å². The van der Waals surface area contributed by atoms with Gasteiger partial charge in [0.1, 0.15) is 11.2 Å². The van der Waals surface area contributed by atoms with Crippen LogP contribution in [-0.2, 0) is 43.6 Å². The minimum absolute atomic E-state index is 0. The molecule has 18 rings (SSSR count). The molecular weight excluding hydrogens is 1900 g/mol. The summed E-state index contributed by atoms with van der Waals surface area (Å²) in [5.41, 5.74) is 16.2. The number of halogens is 7. The molecule has 698 valence electrons. The number of aromatic nitrogens is 8. The second-order valence-corrected chi connectivity index (χ2v) is 37.1. The van der Waals surface area contributed by atoms with Crippen molar-refractivity contribution in [3.8, 4) is 0 Å². The van der Waals surface area contributed by atoms with Crippen LogP contribution < -0.4 is 17.0 Å². The number of Topliss-reactive ketones (excluding diaryl/α,β-unsaturated/α-hetero) is 2. The predicted molar refractivity (Wildman–Crippen MR) is 532 cm³/mol. The van der Waals surface area contributed by atoms with Crippen LogP contribution in [0.3, 0.4) is 0 Å². The van der Waals surface area contributed by atoms with E-state index in [4.69, 9.17) is 99.0 Å². The number of hydrogen-bond acceptors (Lipinski definition) is 23. The predicted octanol–water partition coefficient (Wildman–Crippen LogP) is 11.7. The van der Waals surface area contributed by atoms with Gasteiger partial charge in [-0.05, 0) is 238 Å². The summed E-state index contributed by atoms with van der Waals surface area (Å²) in [4.78, 5) is 94.5. The molecule has 0 bridgehead atoms. The Morgan fingerprint density at radius 3 is 1.08 bits per heavy atom. The van der Waals surface area contributed by atoms with Crippen LogP contribution in [0.2, 0.25) is 40.6 Å². The Labute approximate surface area is 842 Å². The van der Waals surface area contributed by atoms with E-state index in [2.05, 4.69) is 45.4 Å². The number of carbonyl (C=O) groups excluding carboxylic acids is 4. The van der Waals surface area contributed by atoms with Gasteiger partial charge in [0.2, 0.25) is 0 Å². The third kappa shape index (κ3) is 25.2. The molecule has 134 heavy (non-hydrogen) atoms. The molecule has 6 aromatic heterocycles. The number of pyridine rings is 4. The number of aliphatic hydroxyl groups is 1. The van der Waals surface area contributed by atoms with E-state index < -0.39 is 38.3 Å². The molecule has 10 heterocycles. The Balaban J connectivity index is 0.000000167. The second kappa shape index (κ2) is 47.8. The maximum atomic E-state index is 12.7. The standard InChI is InChI=1S/C29H34ClN5O3.C21H23BClN3O3.2C21H23BClN3O2.C4H5N2.CH2Cl2.BrH.Mg/c1-28(2,3)38-27(36)35-13-11-34(12-14-35)26-21-9-8-20(30)16-22(21)23(15-19-7-6-10-32-25(19)26)29(4,37)24-17-31-18-33(24)5;1-22(28)26-10-8-25(9-11-26)20-16-6-5-15(23)13-17(16)18(21(27)29-2)12-14-4-3-7-24-19(14)20;2*1-14(27)18-12-15-4-3-7-24-20(15)21(17-6-5-16(23)13-19(17)18)25-8-10-26(11-9-25)22(2)28;1-6-3-2-5-4-6;2-1-3;;/h6-10,15-18,26,37H,11-14H2,1-5H3;3-7,12-13,20,28H,8-11H2,1-2H3;2*3-7,12-13,21,28H,8-11H2,1-2H3;2,4H,1H3;1H2;1H;/q;;;;-1;;;+2/p-1/t26?,29-;;;;;;;/m1......./s1. The number of amides is 1. The summed E-state index contributed by atoms with van der Waals surface area (Å²) in [6.07, 6.45) is 24.1. The van der Waals surface area contributed by atoms with Crippen molar-refractivity contribution in [3.05, 3.63) is 293 Å². The summed E-state index contributed by atoms with van der Waals surface area (Å²) >= 11 is 35.0. The van der Waals surface area contributed by atoms with Gasteiger partial charge in [-0.25, -0.2) is 14.6 Å². The first-order valence-corrected chi connectivity index (χ1v) is 46.6. The molecule has 4 N–H and O–H groups in total. The third-order valence-electron chi connectivity index (χ3n) is 24.8. The molecule has 1 amide bonds. The summed E-state index contributed by atoms with van der Waals surface area (Å²) in [7, 11) is 3.78. The third-order valence-corrected chi connectivity index (χ3v) is 25.7. The second-order valence-electron chi connectivity index (χ2n) is 34.6. The summed E-state index contributed by atoms with van der Waals surface area (Å²) in [6.45, 7) is 27.8. The minimum Gasteiger partial charge on any atom is -1.00 e. The van der Waals surface area contributed by atoms with Crippen LogP contribution in [0.1, 0.15) is 161 Å². The molecule has 4 unspecified atom stereocenters. The van der Waals surface area contributed by atoms with E-state index in [1.807, 2.05) is 190 Å². The van der Waals surface area contributed by atoms with E-state index in [-0.39, 0.29) is 87.2 Å². The van der Waals surface area contributed by atoms with Crippen molar-refractivity contribution in [1.29, 1.82) is 0 Å². The van der Waals surface area contributed by atoms with Crippen molar-refractivity contribution in [2.75, 3.05) is 117 Å². The maximum absolute atomic E-state index is 12.7. The molecule has 37 heteroatoms. The molecule has 8 aliphatic rings. The monoisotopic (exact) mass is 2000 g/mol. The van der Waals surface area contributed by atoms with Gasteiger partial charge in [0.25, 0.3) is 0 Å². The van der Waals surface area contributed by atoms with E-state index in [9.17, 15) is 39.4 Å². The van der Waals surface area contributed by atoms with E-state index >= 15 is 0 Å². The number of imidazole rings is 2. The van der Waals surface area contributed by atoms with Crippen LogP contribution in [0.25, 0.3) is 46.6 Å². The summed E-state index contributed by atoms with van der Waals surface area (Å²) in [5.74, 6) is -0.376. The number of ether oxygens (including phenoxy) is 2. The molecule has 5 atom stereocenters.